The topological polar surface area (TPSA) is 93.1 Å². The van der Waals surface area contributed by atoms with Crippen molar-refractivity contribution in [3.63, 3.8) is 0 Å². The minimum absolute atomic E-state index is 0.0298. The van der Waals surface area contributed by atoms with Gasteiger partial charge in [0.25, 0.3) is 0 Å². The van der Waals surface area contributed by atoms with Crippen molar-refractivity contribution in [1.82, 2.24) is 0 Å². The molecule has 0 aliphatic heterocycles. The van der Waals surface area contributed by atoms with Crippen molar-refractivity contribution in [1.29, 1.82) is 0 Å². The summed E-state index contributed by atoms with van der Waals surface area (Å²) in [5, 5.41) is 18.5. The van der Waals surface area contributed by atoms with Gasteiger partial charge in [0.15, 0.2) is 11.6 Å². The minimum Gasteiger partial charge on any atom is -0.507 e. The van der Waals surface area contributed by atoms with Gasteiger partial charge in [-0.3, -0.25) is 9.59 Å². The number of hydrogen-bond donors (Lipinski definition) is 2. The van der Waals surface area contributed by atoms with Gasteiger partial charge in [-0.05, 0) is 61.1 Å². The minimum atomic E-state index is -4.89. The van der Waals surface area contributed by atoms with E-state index in [2.05, 4.69) is 0 Å². The van der Waals surface area contributed by atoms with Crippen molar-refractivity contribution >= 4 is 11.6 Å². The molecule has 0 atom stereocenters. The summed E-state index contributed by atoms with van der Waals surface area (Å²) in [6, 6.07) is 22.2. The molecule has 0 unspecified atom stereocenters. The Labute approximate surface area is 271 Å². The Morgan fingerprint density at radius 3 is 1.54 bits per heavy atom. The number of carbonyl (C=O) groups excluding carboxylic acids is 2. The summed E-state index contributed by atoms with van der Waals surface area (Å²) in [5.74, 6) is -4.44. The molecule has 4 aromatic carbocycles. The van der Waals surface area contributed by atoms with Gasteiger partial charge in [-0.15, -0.1) is 0 Å². The van der Waals surface area contributed by atoms with Gasteiger partial charge in [0, 0.05) is 11.8 Å². The average Bonchev–Trinajstić information content (AvgIpc) is 3.96. The summed E-state index contributed by atoms with van der Waals surface area (Å²) in [6.07, 6.45) is -7.03. The third-order valence-electron chi connectivity index (χ3n) is 7.73. The third-order valence-corrected chi connectivity index (χ3v) is 7.73. The zero-order valence-corrected chi connectivity index (χ0v) is 25.3. The van der Waals surface area contributed by atoms with Crippen LogP contribution in [-0.4, -0.2) is 21.8 Å². The summed E-state index contributed by atoms with van der Waals surface area (Å²) < 4.78 is 91.3. The Morgan fingerprint density at radius 2 is 1.06 bits per heavy atom. The normalized spacial score (nSPS) is 14.5. The van der Waals surface area contributed by atoms with Crippen LogP contribution < -0.4 is 9.47 Å². The first-order valence-electron chi connectivity index (χ1n) is 15.0. The molecule has 2 saturated carbocycles. The molecule has 2 aliphatic rings. The Morgan fingerprint density at radius 1 is 0.604 bits per heavy atom. The summed E-state index contributed by atoms with van der Waals surface area (Å²) in [7, 11) is 0. The van der Waals surface area contributed by atoms with Gasteiger partial charge in [0.2, 0.25) is 0 Å². The molecule has 6 rings (SSSR count). The van der Waals surface area contributed by atoms with E-state index in [1.54, 1.807) is 48.5 Å². The van der Waals surface area contributed by atoms with Gasteiger partial charge in [0.1, 0.15) is 47.3 Å². The first-order chi connectivity index (χ1) is 22.8. The first-order valence-corrected chi connectivity index (χ1v) is 15.0. The van der Waals surface area contributed by atoms with Crippen molar-refractivity contribution in [2.45, 2.75) is 51.2 Å². The quantitative estimate of drug-likeness (QED) is 0.129. The predicted octanol–water partition coefficient (Wildman–Crippen LogP) is 9.17. The van der Waals surface area contributed by atoms with Crippen LogP contribution in [0.1, 0.15) is 68.7 Å². The second kappa shape index (κ2) is 14.0. The fourth-order valence-corrected chi connectivity index (χ4v) is 4.95. The highest BCUT2D eigenvalue weighted by atomic mass is 19.4. The van der Waals surface area contributed by atoms with Gasteiger partial charge < -0.3 is 19.7 Å². The number of ketones is 2. The molecule has 0 bridgehead atoms. The molecule has 0 saturated heterocycles. The van der Waals surface area contributed by atoms with Crippen molar-refractivity contribution in [2.24, 2.45) is 11.8 Å². The van der Waals surface area contributed by atoms with E-state index in [4.69, 9.17) is 14.6 Å². The van der Waals surface area contributed by atoms with E-state index in [0.29, 0.717) is 31.2 Å². The number of aromatic hydroxyl groups is 2. The maximum Gasteiger partial charge on any atom is 0.423 e. The smallest absolute Gasteiger partial charge is 0.423 e. The molecule has 2 fully saturated rings. The molecule has 4 aromatic rings. The van der Waals surface area contributed by atoms with Crippen molar-refractivity contribution in [3.05, 3.63) is 118 Å². The molecule has 252 valence electrons. The van der Waals surface area contributed by atoms with Gasteiger partial charge in [-0.1, -0.05) is 60.7 Å². The standard InChI is InChI=1S/C25H21F3O3.C11H9F3O3/c26-25(27,28)22-21(30-15-17-7-3-1-4-8-17)14-13-20(23(29)19-11-12-19)24(22)31-16-18-9-5-2-6-10-18;12-11(13,14)8-7(15)4-3-6(10(8)17)9(16)5-1-2-5/h1-10,13-14,19H,11-12,15-16H2;3-5,15,17H,1-2H2. The summed E-state index contributed by atoms with van der Waals surface area (Å²) in [4.78, 5) is 24.3. The molecule has 48 heavy (non-hydrogen) atoms. The summed E-state index contributed by atoms with van der Waals surface area (Å²) in [6.45, 7) is -0.116. The van der Waals surface area contributed by atoms with Crippen LogP contribution in [0.25, 0.3) is 0 Å². The van der Waals surface area contributed by atoms with Crippen LogP contribution in [0.5, 0.6) is 23.0 Å². The Balaban J connectivity index is 0.000000224. The van der Waals surface area contributed by atoms with Crippen molar-refractivity contribution in [2.75, 3.05) is 0 Å². The Bertz CT molecular complexity index is 1760. The van der Waals surface area contributed by atoms with Gasteiger partial charge in [-0.25, -0.2) is 0 Å². The Hall–Kier alpha value is -5.00. The van der Waals surface area contributed by atoms with Crippen LogP contribution in [0.2, 0.25) is 0 Å². The summed E-state index contributed by atoms with van der Waals surface area (Å²) in [5.41, 5.74) is -1.58. The van der Waals surface area contributed by atoms with E-state index >= 15 is 0 Å². The zero-order chi connectivity index (χ0) is 34.6. The van der Waals surface area contributed by atoms with Gasteiger partial charge in [0.05, 0.1) is 11.1 Å². The van der Waals surface area contributed by atoms with Gasteiger partial charge >= 0.3 is 12.4 Å². The SMILES string of the molecule is O=C(c1ccc(O)c(C(F)(F)F)c1O)C1CC1.O=C(c1ccc(OCc2ccccc2)c(C(F)(F)F)c1OCc1ccccc1)C1CC1. The van der Waals surface area contributed by atoms with E-state index in [1.165, 1.54) is 12.1 Å². The van der Waals surface area contributed by atoms with E-state index in [-0.39, 0.29) is 47.7 Å². The molecule has 0 radical (unpaired) electrons. The lowest BCUT2D eigenvalue weighted by Crippen LogP contribution is -2.16. The monoisotopic (exact) mass is 672 g/mol. The lowest BCUT2D eigenvalue weighted by molar-refractivity contribution is -0.141. The Kier molecular flexibility index (Phi) is 10.0. The largest absolute Gasteiger partial charge is 0.507 e. The molecule has 0 aromatic heterocycles. The van der Waals surface area contributed by atoms with E-state index < -0.39 is 46.5 Å². The van der Waals surface area contributed by atoms with Crippen molar-refractivity contribution < 1.29 is 55.6 Å². The van der Waals surface area contributed by atoms with Crippen LogP contribution in [-0.2, 0) is 25.6 Å². The molecular formula is C36H30F6O6. The molecule has 6 nitrogen and oxygen atoms in total. The lowest BCUT2D eigenvalue weighted by Gasteiger charge is -2.21. The molecule has 0 amide bonds. The molecule has 12 heteroatoms. The average molecular weight is 673 g/mol. The zero-order valence-electron chi connectivity index (χ0n) is 25.3. The van der Waals surface area contributed by atoms with Gasteiger partial charge in [-0.2, -0.15) is 26.3 Å². The fraction of sp³-hybridized carbons (Fsp3) is 0.278. The van der Waals surface area contributed by atoms with Crippen LogP contribution in [0.4, 0.5) is 26.3 Å². The fourth-order valence-electron chi connectivity index (χ4n) is 4.95. The molecule has 0 heterocycles. The van der Waals surface area contributed by atoms with Crippen LogP contribution in [0.15, 0.2) is 84.9 Å². The molecule has 2 aliphatic carbocycles. The van der Waals surface area contributed by atoms with Crippen LogP contribution in [0.3, 0.4) is 0 Å². The highest BCUT2D eigenvalue weighted by Crippen LogP contribution is 2.47. The van der Waals surface area contributed by atoms with E-state index in [0.717, 1.165) is 17.7 Å². The highest BCUT2D eigenvalue weighted by molar-refractivity contribution is 6.03. The number of rotatable bonds is 10. The number of halogens is 6. The number of Topliss-reactive ketones (excluding diaryl/α,β-unsaturated/α-hetero) is 2. The number of phenolic OH excluding ortho intramolecular Hbond substituents is 2. The van der Waals surface area contributed by atoms with Crippen LogP contribution >= 0.6 is 0 Å². The van der Waals surface area contributed by atoms with Crippen LogP contribution in [0, 0.1) is 11.8 Å². The number of carbonyl (C=O) groups is 2. The lowest BCUT2D eigenvalue weighted by atomic mass is 10.0. The van der Waals surface area contributed by atoms with E-state index in [9.17, 15) is 41.0 Å². The van der Waals surface area contributed by atoms with E-state index in [1.807, 2.05) is 12.1 Å². The number of hydrogen-bond acceptors (Lipinski definition) is 6. The second-order valence-electron chi connectivity index (χ2n) is 11.5. The molecular weight excluding hydrogens is 642 g/mol. The van der Waals surface area contributed by atoms with Crippen molar-refractivity contribution in [3.8, 4) is 23.0 Å². The predicted molar refractivity (Wildman–Crippen MR) is 162 cm³/mol. The summed E-state index contributed by atoms with van der Waals surface area (Å²) >= 11 is 0. The second-order valence-corrected chi connectivity index (χ2v) is 11.5. The first kappa shape index (κ1) is 34.3. The maximum atomic E-state index is 14.1. The molecule has 2 N–H and O–H groups in total. The number of phenols is 2. The highest BCUT2D eigenvalue weighted by Gasteiger charge is 2.43. The number of benzene rings is 4. The number of alkyl halides is 6. The molecule has 0 spiro atoms. The maximum absolute atomic E-state index is 14.1. The third kappa shape index (κ3) is 8.28. The number of ether oxygens (including phenoxy) is 2.